The van der Waals surface area contributed by atoms with Gasteiger partial charge in [0.1, 0.15) is 22.8 Å². The monoisotopic (exact) mass is 924 g/mol. The van der Waals surface area contributed by atoms with Crippen LogP contribution < -0.4 is 19.1 Å². The van der Waals surface area contributed by atoms with E-state index < -0.39 is 15.6 Å². The number of esters is 1. The highest BCUT2D eigenvalue weighted by Gasteiger charge is 2.46. The van der Waals surface area contributed by atoms with Crippen LogP contribution >= 0.6 is 11.6 Å². The fourth-order valence-electron chi connectivity index (χ4n) is 10.5. The van der Waals surface area contributed by atoms with Crippen LogP contribution in [0.15, 0.2) is 96.6 Å². The van der Waals surface area contributed by atoms with Crippen LogP contribution in [0.5, 0.6) is 17.2 Å². The van der Waals surface area contributed by atoms with E-state index in [0.29, 0.717) is 24.0 Å². The summed E-state index contributed by atoms with van der Waals surface area (Å²) in [6.07, 6.45) is 8.15. The van der Waals surface area contributed by atoms with Crippen molar-refractivity contribution in [2.75, 3.05) is 51.7 Å². The fraction of sp³-hybridized carbons (Fsp3) is 0.491. The summed E-state index contributed by atoms with van der Waals surface area (Å²) in [6.45, 7) is 10.3. The van der Waals surface area contributed by atoms with Gasteiger partial charge in [0.05, 0.1) is 43.9 Å². The predicted octanol–water partition coefficient (Wildman–Crippen LogP) is 10.4. The Labute approximate surface area is 391 Å². The topological polar surface area (TPSA) is 104 Å². The Hall–Kier alpha value is -4.55. The van der Waals surface area contributed by atoms with Crippen molar-refractivity contribution < 1.29 is 36.9 Å². The maximum absolute atomic E-state index is 14.3. The Morgan fingerprint density at radius 2 is 1.58 bits per heavy atom. The van der Waals surface area contributed by atoms with Crippen LogP contribution in [0.3, 0.4) is 0 Å². The molecule has 0 amide bonds. The standard InChI is InChI=1S/C53H65ClN2O8S/c1-35(32-65(58,59)56(29-36-10-17-44(60-5)18-11-36)30-37-12-19-45(61-6)20-13-37)41-25-42(26-41)50(62-7)46-21-14-40(46)31-55-33-53(24-8-9-38-27-43(54)16-22-47(38)53)34-63-49-23-15-39(28-48(49)55)51(57)64-52(2,3)4/h10-13,15-20,22-23,25,27-28,35,40-41,46,50H,8-9,14,21,24,26,29-34H2,1-7H3/t35-,40+,41?,46-,50+,53+/m1/s1. The van der Waals surface area contributed by atoms with E-state index in [4.69, 9.17) is 35.3 Å². The maximum atomic E-state index is 14.3. The van der Waals surface area contributed by atoms with E-state index in [1.54, 1.807) is 25.6 Å². The van der Waals surface area contributed by atoms with Gasteiger partial charge in [-0.15, -0.1) is 0 Å². The van der Waals surface area contributed by atoms with Crippen LogP contribution in [-0.2, 0) is 44.4 Å². The molecule has 4 aromatic rings. The molecule has 10 nitrogen and oxygen atoms in total. The molecule has 0 saturated heterocycles. The molecule has 0 radical (unpaired) electrons. The molecule has 1 unspecified atom stereocenters. The highest BCUT2D eigenvalue weighted by atomic mass is 35.5. The van der Waals surface area contributed by atoms with Crippen LogP contribution in [0, 0.1) is 23.7 Å². The largest absolute Gasteiger partial charge is 0.497 e. The lowest BCUT2D eigenvalue weighted by atomic mass is 9.64. The number of aryl methyl sites for hydroxylation is 1. The molecule has 12 heteroatoms. The SMILES string of the molecule is COc1ccc(CN(Cc2ccc(OC)cc2)S(=O)(=O)C[C@@H](C)C2C=C([C@H](OC)[C@@H]3CC[C@H]3CN3C[C@@]4(CCCc5cc(Cl)ccc54)COc4ccc(C(=O)OC(C)(C)C)cc43)C2)cc1. The average molecular weight is 926 g/mol. The summed E-state index contributed by atoms with van der Waals surface area (Å²) >= 11 is 6.53. The third-order valence-corrected chi connectivity index (χ3v) is 16.4. The highest BCUT2D eigenvalue weighted by molar-refractivity contribution is 7.89. The predicted molar refractivity (Wildman–Crippen MR) is 257 cm³/mol. The number of fused-ring (bicyclic) bond motifs is 3. The summed E-state index contributed by atoms with van der Waals surface area (Å²) in [4.78, 5) is 15.9. The molecule has 3 aliphatic carbocycles. The van der Waals surface area contributed by atoms with Gasteiger partial charge in [-0.3, -0.25) is 0 Å². The summed E-state index contributed by atoms with van der Waals surface area (Å²) in [7, 11) is 1.38. The number of halogens is 1. The lowest BCUT2D eigenvalue weighted by molar-refractivity contribution is -0.000292. The zero-order chi connectivity index (χ0) is 46.1. The first-order chi connectivity index (χ1) is 31.1. The van der Waals surface area contributed by atoms with Crippen LogP contribution in [0.4, 0.5) is 5.69 Å². The van der Waals surface area contributed by atoms with Gasteiger partial charge in [0, 0.05) is 43.7 Å². The second-order valence-electron chi connectivity index (χ2n) is 19.8. The number of carbonyl (C=O) groups is 1. The van der Waals surface area contributed by atoms with E-state index in [1.807, 2.05) is 93.6 Å². The number of anilines is 1. The van der Waals surface area contributed by atoms with Gasteiger partial charge in [-0.25, -0.2) is 13.2 Å². The van der Waals surface area contributed by atoms with E-state index in [-0.39, 0.29) is 48.2 Å². The van der Waals surface area contributed by atoms with Gasteiger partial charge in [-0.05, 0) is 165 Å². The number of hydrogen-bond acceptors (Lipinski definition) is 9. The number of benzene rings is 4. The Kier molecular flexibility index (Phi) is 14.0. The molecule has 6 atom stereocenters. The van der Waals surface area contributed by atoms with E-state index in [2.05, 4.69) is 30.0 Å². The molecule has 0 bridgehead atoms. The normalized spacial score (nSPS) is 22.6. The van der Waals surface area contributed by atoms with Gasteiger partial charge < -0.3 is 28.6 Å². The van der Waals surface area contributed by atoms with Gasteiger partial charge in [0.15, 0.2) is 0 Å². The van der Waals surface area contributed by atoms with Crippen molar-refractivity contribution in [1.29, 1.82) is 0 Å². The number of allylic oxidation sites excluding steroid dienone is 1. The summed E-state index contributed by atoms with van der Waals surface area (Å²) in [5.41, 5.74) is 6.16. The van der Waals surface area contributed by atoms with E-state index in [0.717, 1.165) is 90.7 Å². The molecule has 8 rings (SSSR count). The molecular weight excluding hydrogens is 860 g/mol. The molecule has 0 aromatic heterocycles. The average Bonchev–Trinajstić information content (AvgIpc) is 3.40. The Morgan fingerprint density at radius 3 is 2.17 bits per heavy atom. The molecule has 4 aliphatic rings. The van der Waals surface area contributed by atoms with Crippen molar-refractivity contribution in [1.82, 2.24) is 4.31 Å². The van der Waals surface area contributed by atoms with E-state index in [1.165, 1.54) is 16.7 Å². The van der Waals surface area contributed by atoms with E-state index in [9.17, 15) is 13.2 Å². The van der Waals surface area contributed by atoms with Crippen molar-refractivity contribution in [2.45, 2.75) is 96.4 Å². The molecular formula is C53H65ClN2O8S. The summed E-state index contributed by atoms with van der Waals surface area (Å²) in [5.74, 6) is 2.57. The molecule has 1 fully saturated rings. The van der Waals surface area contributed by atoms with Crippen molar-refractivity contribution >= 4 is 33.3 Å². The first-order valence-electron chi connectivity index (χ1n) is 23.1. The lowest BCUT2D eigenvalue weighted by Gasteiger charge is -2.48. The molecule has 0 N–H and O–H groups in total. The summed E-state index contributed by atoms with van der Waals surface area (Å²) < 4.78 is 59.8. The number of hydrogen-bond donors (Lipinski definition) is 0. The third-order valence-electron chi connectivity index (χ3n) is 14.1. The van der Waals surface area contributed by atoms with Crippen molar-refractivity contribution in [3.05, 3.63) is 129 Å². The Balaban J connectivity index is 0.992. The maximum Gasteiger partial charge on any atom is 0.338 e. The Bertz CT molecular complexity index is 2420. The zero-order valence-corrected chi connectivity index (χ0v) is 40.6. The number of carbonyl (C=O) groups excluding carboxylic acids is 1. The lowest BCUT2D eigenvalue weighted by Crippen LogP contribution is -2.50. The first kappa shape index (κ1) is 47.0. The minimum Gasteiger partial charge on any atom is -0.497 e. The molecule has 65 heavy (non-hydrogen) atoms. The third kappa shape index (κ3) is 10.5. The van der Waals surface area contributed by atoms with Gasteiger partial charge in [-0.2, -0.15) is 4.31 Å². The van der Waals surface area contributed by atoms with E-state index >= 15 is 0 Å². The number of methoxy groups -OCH3 is 3. The van der Waals surface area contributed by atoms with Crippen LogP contribution in [0.2, 0.25) is 5.02 Å². The fourth-order valence-corrected chi connectivity index (χ4v) is 12.5. The summed E-state index contributed by atoms with van der Waals surface area (Å²) in [5, 5.41) is 0.750. The Morgan fingerprint density at radius 1 is 0.923 bits per heavy atom. The van der Waals surface area contributed by atoms with Gasteiger partial charge >= 0.3 is 5.97 Å². The first-order valence-corrected chi connectivity index (χ1v) is 25.1. The van der Waals surface area contributed by atoms with Gasteiger partial charge in [0.2, 0.25) is 10.0 Å². The smallest absolute Gasteiger partial charge is 0.338 e. The quantitative estimate of drug-likeness (QED) is 0.0803. The highest BCUT2D eigenvalue weighted by Crippen LogP contribution is 2.49. The number of ether oxygens (including phenoxy) is 5. The van der Waals surface area contributed by atoms with Crippen molar-refractivity contribution in [3.8, 4) is 17.2 Å². The van der Waals surface area contributed by atoms with Crippen molar-refractivity contribution in [3.63, 3.8) is 0 Å². The molecule has 1 saturated carbocycles. The van der Waals surface area contributed by atoms with Crippen LogP contribution in [0.1, 0.15) is 92.4 Å². The molecule has 348 valence electrons. The minimum atomic E-state index is -3.67. The molecule has 1 spiro atoms. The number of sulfonamides is 1. The van der Waals surface area contributed by atoms with Crippen LogP contribution in [-0.4, -0.2) is 77.2 Å². The molecule has 1 heterocycles. The van der Waals surface area contributed by atoms with Crippen LogP contribution in [0.25, 0.3) is 0 Å². The zero-order valence-electron chi connectivity index (χ0n) is 39.0. The number of nitrogens with zero attached hydrogens (tertiary/aromatic N) is 2. The molecule has 1 aliphatic heterocycles. The van der Waals surface area contributed by atoms with Gasteiger partial charge in [0.25, 0.3) is 0 Å². The van der Waals surface area contributed by atoms with Gasteiger partial charge in [-0.1, -0.05) is 54.9 Å². The van der Waals surface area contributed by atoms with Crippen molar-refractivity contribution in [2.24, 2.45) is 23.7 Å². The molecule has 4 aromatic carbocycles. The second kappa shape index (κ2) is 19.4. The number of rotatable bonds is 16. The second-order valence-corrected chi connectivity index (χ2v) is 22.2. The summed E-state index contributed by atoms with van der Waals surface area (Å²) in [6, 6.07) is 27.1. The minimum absolute atomic E-state index is 0.0380.